The van der Waals surface area contributed by atoms with Crippen molar-refractivity contribution in [2.75, 3.05) is 26.2 Å². The Hall–Kier alpha value is -0.120. The van der Waals surface area contributed by atoms with E-state index in [0.717, 1.165) is 26.2 Å². The van der Waals surface area contributed by atoms with Gasteiger partial charge in [0, 0.05) is 26.2 Å². The molecule has 1 fully saturated rings. The molecule has 0 aliphatic carbocycles. The average Bonchev–Trinajstić information content (AvgIpc) is 1.94. The van der Waals surface area contributed by atoms with Crippen LogP contribution in [0.2, 0.25) is 0 Å². The molecule has 0 aromatic carbocycles. The molecule has 0 amide bonds. The Balaban J connectivity index is 0.000000291. The van der Waals surface area contributed by atoms with Crippen molar-refractivity contribution in [2.24, 2.45) is 0 Å². The Morgan fingerprint density at radius 3 is 1.89 bits per heavy atom. The molecule has 3 heteroatoms. The summed E-state index contributed by atoms with van der Waals surface area (Å²) in [7, 11) is 0. The predicted molar refractivity (Wildman–Crippen MR) is 37.6 cm³/mol. The van der Waals surface area contributed by atoms with Crippen molar-refractivity contribution in [1.82, 2.24) is 10.4 Å². The summed E-state index contributed by atoms with van der Waals surface area (Å²) in [5.74, 6) is 0. The molecule has 56 valence electrons. The summed E-state index contributed by atoms with van der Waals surface area (Å²) in [6.45, 7) is 7.35. The van der Waals surface area contributed by atoms with Crippen molar-refractivity contribution >= 4 is 0 Å². The van der Waals surface area contributed by atoms with Gasteiger partial charge in [-0.3, -0.25) is 0 Å². The molecule has 9 heavy (non-hydrogen) atoms. The Morgan fingerprint density at radius 2 is 1.67 bits per heavy atom. The molecule has 0 bridgehead atoms. The van der Waals surface area contributed by atoms with E-state index in [9.17, 15) is 0 Å². The quantitative estimate of drug-likeness (QED) is 0.498. The molecule has 0 saturated carbocycles. The van der Waals surface area contributed by atoms with Gasteiger partial charge < -0.3 is 10.5 Å². The first-order valence-corrected chi connectivity index (χ1v) is 3.54. The summed E-state index contributed by atoms with van der Waals surface area (Å²) in [4.78, 5) is 0. The van der Waals surface area contributed by atoms with Gasteiger partial charge in [-0.1, -0.05) is 13.8 Å². The molecule has 3 nitrogen and oxygen atoms in total. The molecule has 0 aromatic heterocycles. The second-order valence-corrected chi connectivity index (χ2v) is 1.70. The minimum atomic E-state index is 0.764. The van der Waals surface area contributed by atoms with Gasteiger partial charge in [-0.25, -0.2) is 0 Å². The van der Waals surface area contributed by atoms with Crippen LogP contribution in [0.25, 0.3) is 0 Å². The molecular formula is C6H16N2O. The second-order valence-electron chi connectivity index (χ2n) is 1.70. The predicted octanol–water partition coefficient (Wildman–Crippen LogP) is 0.307. The molecule has 2 N–H and O–H groups in total. The zero-order valence-corrected chi connectivity index (χ0v) is 6.22. The number of hydroxylamine groups is 2. The number of piperazine rings is 1. The van der Waals surface area contributed by atoms with Crippen LogP contribution in [0.3, 0.4) is 0 Å². The first-order chi connectivity index (χ1) is 4.39. The lowest BCUT2D eigenvalue weighted by molar-refractivity contribution is -0.0976. The number of rotatable bonds is 0. The zero-order valence-electron chi connectivity index (χ0n) is 6.22. The monoisotopic (exact) mass is 132 g/mol. The smallest absolute Gasteiger partial charge is 0.0363 e. The second kappa shape index (κ2) is 6.01. The third-order valence-corrected chi connectivity index (χ3v) is 1.09. The largest absolute Gasteiger partial charge is 0.314 e. The number of nitrogens with one attached hydrogen (secondary N) is 1. The van der Waals surface area contributed by atoms with Gasteiger partial charge in [-0.15, -0.1) is 0 Å². The van der Waals surface area contributed by atoms with Gasteiger partial charge in [0.05, 0.1) is 0 Å². The van der Waals surface area contributed by atoms with Crippen LogP contribution >= 0.6 is 0 Å². The van der Waals surface area contributed by atoms with E-state index >= 15 is 0 Å². The molecular weight excluding hydrogens is 116 g/mol. The van der Waals surface area contributed by atoms with Crippen LogP contribution in [-0.4, -0.2) is 36.4 Å². The maximum absolute atomic E-state index is 8.70. The molecule has 0 radical (unpaired) electrons. The summed E-state index contributed by atoms with van der Waals surface area (Å²) < 4.78 is 0. The highest BCUT2D eigenvalue weighted by Gasteiger charge is 2.03. The maximum atomic E-state index is 8.70. The Labute approximate surface area is 56.6 Å². The topological polar surface area (TPSA) is 35.5 Å². The third-order valence-electron chi connectivity index (χ3n) is 1.09. The van der Waals surface area contributed by atoms with E-state index in [-0.39, 0.29) is 0 Å². The van der Waals surface area contributed by atoms with E-state index < -0.39 is 0 Å². The van der Waals surface area contributed by atoms with Crippen molar-refractivity contribution in [3.05, 3.63) is 0 Å². The lowest BCUT2D eigenvalue weighted by Crippen LogP contribution is -2.41. The van der Waals surface area contributed by atoms with Gasteiger partial charge >= 0.3 is 0 Å². The van der Waals surface area contributed by atoms with Crippen LogP contribution in [-0.2, 0) is 0 Å². The van der Waals surface area contributed by atoms with Gasteiger partial charge in [0.15, 0.2) is 0 Å². The summed E-state index contributed by atoms with van der Waals surface area (Å²) >= 11 is 0. The molecule has 1 heterocycles. The summed E-state index contributed by atoms with van der Waals surface area (Å²) in [6, 6.07) is 0. The molecule has 1 rings (SSSR count). The van der Waals surface area contributed by atoms with Crippen molar-refractivity contribution in [1.29, 1.82) is 0 Å². The molecule has 1 aliphatic rings. The van der Waals surface area contributed by atoms with Crippen molar-refractivity contribution in [3.63, 3.8) is 0 Å². The molecule has 0 atom stereocenters. The van der Waals surface area contributed by atoms with Crippen molar-refractivity contribution in [3.8, 4) is 0 Å². The lowest BCUT2D eigenvalue weighted by atomic mass is 10.4. The fraction of sp³-hybridized carbons (Fsp3) is 1.00. The van der Waals surface area contributed by atoms with E-state index in [1.807, 2.05) is 13.8 Å². The fourth-order valence-corrected chi connectivity index (χ4v) is 0.653. The van der Waals surface area contributed by atoms with Gasteiger partial charge in [0.1, 0.15) is 0 Å². The Kier molecular flexibility index (Phi) is 5.93. The van der Waals surface area contributed by atoms with Crippen LogP contribution in [0.4, 0.5) is 0 Å². The van der Waals surface area contributed by atoms with Gasteiger partial charge in [0.2, 0.25) is 0 Å². The highest BCUT2D eigenvalue weighted by Crippen LogP contribution is 1.82. The van der Waals surface area contributed by atoms with E-state index in [2.05, 4.69) is 5.32 Å². The number of nitrogens with zero attached hydrogens (tertiary/aromatic N) is 1. The Morgan fingerprint density at radius 1 is 1.22 bits per heavy atom. The number of hydrogen-bond acceptors (Lipinski definition) is 3. The summed E-state index contributed by atoms with van der Waals surface area (Å²) in [5.41, 5.74) is 0. The van der Waals surface area contributed by atoms with Gasteiger partial charge in [-0.2, -0.15) is 5.06 Å². The average molecular weight is 132 g/mol. The summed E-state index contributed by atoms with van der Waals surface area (Å²) in [5, 5.41) is 13.1. The molecule has 0 unspecified atom stereocenters. The zero-order chi connectivity index (χ0) is 7.11. The molecule has 1 saturated heterocycles. The molecule has 0 aromatic rings. The minimum absolute atomic E-state index is 0.764. The van der Waals surface area contributed by atoms with Gasteiger partial charge in [0.25, 0.3) is 0 Å². The highest BCUT2D eigenvalue weighted by molar-refractivity contribution is 4.58. The standard InChI is InChI=1S/C4H10N2O.C2H6/c7-6-3-1-5-2-4-6;1-2/h5,7H,1-4H2;1-2H3. The first kappa shape index (κ1) is 8.88. The van der Waals surface area contributed by atoms with Crippen LogP contribution in [0, 0.1) is 0 Å². The summed E-state index contributed by atoms with van der Waals surface area (Å²) in [6.07, 6.45) is 0. The molecule has 1 aliphatic heterocycles. The van der Waals surface area contributed by atoms with Crippen molar-refractivity contribution in [2.45, 2.75) is 13.8 Å². The Bertz CT molecular complexity index is 53.0. The first-order valence-electron chi connectivity index (χ1n) is 3.54. The van der Waals surface area contributed by atoms with Crippen LogP contribution in [0.1, 0.15) is 13.8 Å². The highest BCUT2D eigenvalue weighted by atomic mass is 16.5. The van der Waals surface area contributed by atoms with E-state index in [4.69, 9.17) is 5.21 Å². The maximum Gasteiger partial charge on any atom is 0.0363 e. The normalized spacial score (nSPS) is 20.3. The van der Waals surface area contributed by atoms with Crippen LogP contribution < -0.4 is 5.32 Å². The van der Waals surface area contributed by atoms with E-state index in [1.165, 1.54) is 5.06 Å². The lowest BCUT2D eigenvalue weighted by Gasteiger charge is -2.19. The van der Waals surface area contributed by atoms with E-state index in [0.29, 0.717) is 0 Å². The molecule has 0 spiro atoms. The van der Waals surface area contributed by atoms with Crippen LogP contribution in [0.5, 0.6) is 0 Å². The van der Waals surface area contributed by atoms with Crippen LogP contribution in [0.15, 0.2) is 0 Å². The SMILES string of the molecule is CC.ON1CCNCC1. The third kappa shape index (κ3) is 4.39. The van der Waals surface area contributed by atoms with E-state index in [1.54, 1.807) is 0 Å². The minimum Gasteiger partial charge on any atom is -0.314 e. The fourth-order valence-electron chi connectivity index (χ4n) is 0.653. The number of hydrogen-bond donors (Lipinski definition) is 2. The van der Waals surface area contributed by atoms with Gasteiger partial charge in [-0.05, 0) is 0 Å². The van der Waals surface area contributed by atoms with Crippen molar-refractivity contribution < 1.29 is 5.21 Å².